The molecule has 2 rings (SSSR count). The lowest BCUT2D eigenvalue weighted by Crippen LogP contribution is -2.34. The van der Waals surface area contributed by atoms with Crippen LogP contribution in [0.25, 0.3) is 11.0 Å². The molecule has 1 N–H and O–H groups in total. The number of rotatable bonds is 2. The minimum atomic E-state index is 0.0560. The molecule has 0 aliphatic carbocycles. The molecule has 1 aromatic heterocycles. The smallest absolute Gasteiger partial charge is 0.153 e. The first-order valence-electron chi connectivity index (χ1n) is 5.48. The van der Waals surface area contributed by atoms with Gasteiger partial charge in [0.25, 0.3) is 0 Å². The van der Waals surface area contributed by atoms with Crippen LogP contribution in [-0.2, 0) is 6.54 Å². The lowest BCUT2D eigenvalue weighted by Gasteiger charge is -2.19. The Morgan fingerprint density at radius 1 is 1.18 bits per heavy atom. The van der Waals surface area contributed by atoms with E-state index in [0.717, 1.165) is 11.1 Å². The maximum atomic E-state index is 6.07. The molecule has 92 valence electrons. The van der Waals surface area contributed by atoms with E-state index >= 15 is 0 Å². The second kappa shape index (κ2) is 4.52. The maximum Gasteiger partial charge on any atom is 0.153 e. The molecule has 0 spiro atoms. The Morgan fingerprint density at radius 3 is 2.53 bits per heavy atom. The van der Waals surface area contributed by atoms with Crippen LogP contribution in [0.15, 0.2) is 22.6 Å². The van der Waals surface area contributed by atoms with E-state index in [1.807, 2.05) is 12.1 Å². The minimum Gasteiger partial charge on any atom is -0.458 e. The standard InChI is InChI=1S/C13H15Cl2NO/c1-13(2,3)16-7-10-5-8-4-9(14)6-11(15)12(8)17-10/h4-6,16H,7H2,1-3H3. The van der Waals surface area contributed by atoms with Crippen molar-refractivity contribution in [1.29, 1.82) is 0 Å². The molecule has 4 heteroatoms. The molecule has 0 bridgehead atoms. The van der Waals surface area contributed by atoms with Gasteiger partial charge in [0.05, 0.1) is 11.6 Å². The Morgan fingerprint density at radius 2 is 1.88 bits per heavy atom. The summed E-state index contributed by atoms with van der Waals surface area (Å²) < 4.78 is 5.70. The molecule has 17 heavy (non-hydrogen) atoms. The van der Waals surface area contributed by atoms with E-state index in [2.05, 4.69) is 26.1 Å². The molecule has 2 nitrogen and oxygen atoms in total. The molecule has 0 unspecified atom stereocenters. The third kappa shape index (κ3) is 3.15. The van der Waals surface area contributed by atoms with Crippen molar-refractivity contribution in [2.24, 2.45) is 0 Å². The molecule has 0 saturated heterocycles. The number of benzene rings is 1. The van der Waals surface area contributed by atoms with Crippen molar-refractivity contribution in [2.75, 3.05) is 0 Å². The molecule has 0 fully saturated rings. The van der Waals surface area contributed by atoms with Gasteiger partial charge in [-0.05, 0) is 39.0 Å². The number of fused-ring (bicyclic) bond motifs is 1. The van der Waals surface area contributed by atoms with Gasteiger partial charge in [0, 0.05) is 15.9 Å². The first-order chi connectivity index (χ1) is 7.85. The van der Waals surface area contributed by atoms with Crippen molar-refractivity contribution in [2.45, 2.75) is 32.9 Å². The summed E-state index contributed by atoms with van der Waals surface area (Å²) in [5, 5.41) is 5.48. The van der Waals surface area contributed by atoms with Crippen LogP contribution in [0, 0.1) is 0 Å². The molecule has 0 aliphatic heterocycles. The van der Waals surface area contributed by atoms with E-state index in [1.165, 1.54) is 0 Å². The number of halogens is 2. The van der Waals surface area contributed by atoms with Crippen molar-refractivity contribution < 1.29 is 4.42 Å². The van der Waals surface area contributed by atoms with Crippen molar-refractivity contribution in [1.82, 2.24) is 5.32 Å². The molecule has 0 amide bonds. The highest BCUT2D eigenvalue weighted by Crippen LogP contribution is 2.30. The minimum absolute atomic E-state index is 0.0560. The number of hydrogen-bond donors (Lipinski definition) is 1. The van der Waals surface area contributed by atoms with Crippen LogP contribution in [0.1, 0.15) is 26.5 Å². The average molecular weight is 272 g/mol. The first-order valence-corrected chi connectivity index (χ1v) is 6.23. The zero-order chi connectivity index (χ0) is 12.6. The summed E-state index contributed by atoms with van der Waals surface area (Å²) in [7, 11) is 0. The first kappa shape index (κ1) is 12.7. The highest BCUT2D eigenvalue weighted by atomic mass is 35.5. The summed E-state index contributed by atoms with van der Waals surface area (Å²) in [5.74, 6) is 0.860. The summed E-state index contributed by atoms with van der Waals surface area (Å²) >= 11 is 12.0. The fraction of sp³-hybridized carbons (Fsp3) is 0.385. The van der Waals surface area contributed by atoms with Gasteiger partial charge in [0.15, 0.2) is 5.58 Å². The average Bonchev–Trinajstić information content (AvgIpc) is 2.56. The highest BCUT2D eigenvalue weighted by Gasteiger charge is 2.12. The molecular weight excluding hydrogens is 257 g/mol. The van der Waals surface area contributed by atoms with Crippen LogP contribution in [-0.4, -0.2) is 5.54 Å². The second-order valence-corrected chi connectivity index (χ2v) is 5.97. The summed E-state index contributed by atoms with van der Waals surface area (Å²) in [5.41, 5.74) is 0.752. The van der Waals surface area contributed by atoms with Crippen molar-refractivity contribution >= 4 is 34.2 Å². The number of hydrogen-bond acceptors (Lipinski definition) is 2. The van der Waals surface area contributed by atoms with Gasteiger partial charge in [-0.2, -0.15) is 0 Å². The Labute approximate surface area is 111 Å². The number of furan rings is 1. The van der Waals surface area contributed by atoms with Crippen LogP contribution in [0.3, 0.4) is 0 Å². The van der Waals surface area contributed by atoms with Gasteiger partial charge in [0.2, 0.25) is 0 Å². The summed E-state index contributed by atoms with van der Waals surface area (Å²) in [4.78, 5) is 0. The zero-order valence-electron chi connectivity index (χ0n) is 10.1. The molecule has 2 aromatic rings. The summed E-state index contributed by atoms with van der Waals surface area (Å²) in [6, 6.07) is 5.51. The zero-order valence-corrected chi connectivity index (χ0v) is 11.6. The van der Waals surface area contributed by atoms with Gasteiger partial charge < -0.3 is 9.73 Å². The van der Waals surface area contributed by atoms with E-state index in [1.54, 1.807) is 6.07 Å². The lowest BCUT2D eigenvalue weighted by atomic mass is 10.1. The second-order valence-electron chi connectivity index (χ2n) is 5.12. The van der Waals surface area contributed by atoms with Gasteiger partial charge in [0.1, 0.15) is 5.76 Å². The molecule has 1 aromatic carbocycles. The van der Waals surface area contributed by atoms with Crippen molar-refractivity contribution in [3.05, 3.63) is 34.0 Å². The van der Waals surface area contributed by atoms with Crippen LogP contribution in [0.5, 0.6) is 0 Å². The lowest BCUT2D eigenvalue weighted by molar-refractivity contribution is 0.395. The van der Waals surface area contributed by atoms with Crippen molar-refractivity contribution in [3.8, 4) is 0 Å². The number of nitrogens with one attached hydrogen (secondary N) is 1. The Bertz CT molecular complexity index is 540. The van der Waals surface area contributed by atoms with Crippen LogP contribution in [0.2, 0.25) is 10.0 Å². The Balaban J connectivity index is 2.29. The quantitative estimate of drug-likeness (QED) is 0.862. The van der Waals surface area contributed by atoms with Gasteiger partial charge in [-0.3, -0.25) is 0 Å². The van der Waals surface area contributed by atoms with Gasteiger partial charge in [-0.15, -0.1) is 0 Å². The normalized spacial score (nSPS) is 12.3. The largest absolute Gasteiger partial charge is 0.458 e. The fourth-order valence-corrected chi connectivity index (χ4v) is 2.12. The third-order valence-electron chi connectivity index (χ3n) is 2.38. The Hall–Kier alpha value is -0.700. The van der Waals surface area contributed by atoms with Gasteiger partial charge >= 0.3 is 0 Å². The van der Waals surface area contributed by atoms with Crippen LogP contribution < -0.4 is 5.32 Å². The third-order valence-corrected chi connectivity index (χ3v) is 2.88. The molecule has 0 aliphatic rings. The van der Waals surface area contributed by atoms with Crippen LogP contribution in [0.4, 0.5) is 0 Å². The van der Waals surface area contributed by atoms with E-state index in [0.29, 0.717) is 22.2 Å². The summed E-state index contributed by atoms with van der Waals surface area (Å²) in [6.07, 6.45) is 0. The van der Waals surface area contributed by atoms with Gasteiger partial charge in [-0.1, -0.05) is 23.2 Å². The molecule has 1 heterocycles. The predicted molar refractivity (Wildman–Crippen MR) is 72.8 cm³/mol. The molecule has 0 radical (unpaired) electrons. The molecule has 0 atom stereocenters. The highest BCUT2D eigenvalue weighted by molar-refractivity contribution is 6.38. The van der Waals surface area contributed by atoms with E-state index < -0.39 is 0 Å². The SMILES string of the molecule is CC(C)(C)NCc1cc2cc(Cl)cc(Cl)c2o1. The Kier molecular flexibility index (Phi) is 3.39. The monoisotopic (exact) mass is 271 g/mol. The van der Waals surface area contributed by atoms with Crippen molar-refractivity contribution in [3.63, 3.8) is 0 Å². The van der Waals surface area contributed by atoms with E-state index in [9.17, 15) is 0 Å². The predicted octanol–water partition coefficient (Wildman–Crippen LogP) is 4.63. The topological polar surface area (TPSA) is 25.2 Å². The van der Waals surface area contributed by atoms with Crippen LogP contribution >= 0.6 is 23.2 Å². The maximum absolute atomic E-state index is 6.07. The van der Waals surface area contributed by atoms with E-state index in [-0.39, 0.29) is 5.54 Å². The summed E-state index contributed by atoms with van der Waals surface area (Å²) in [6.45, 7) is 7.00. The molecule has 0 saturated carbocycles. The fourth-order valence-electron chi connectivity index (χ4n) is 1.57. The molecular formula is C13H15Cl2NO. The van der Waals surface area contributed by atoms with Gasteiger partial charge in [-0.25, -0.2) is 0 Å². The van der Waals surface area contributed by atoms with E-state index in [4.69, 9.17) is 27.6 Å².